The highest BCUT2D eigenvalue weighted by Crippen LogP contribution is 2.42. The minimum atomic E-state index is 0.0298. The molecule has 0 bridgehead atoms. The lowest BCUT2D eigenvalue weighted by molar-refractivity contribution is 0.0696. The molecule has 5 aromatic rings. The quantitative estimate of drug-likeness (QED) is 0.234. The first kappa shape index (κ1) is 24.3. The van der Waals surface area contributed by atoms with E-state index >= 15 is 0 Å². The number of benzene rings is 1. The van der Waals surface area contributed by atoms with Crippen molar-refractivity contribution >= 4 is 38.5 Å². The zero-order chi connectivity index (χ0) is 26.7. The third-order valence-electron chi connectivity index (χ3n) is 8.36. The van der Waals surface area contributed by atoms with E-state index in [1.165, 1.54) is 28.6 Å². The van der Waals surface area contributed by atoms with Crippen molar-refractivity contribution in [2.75, 3.05) is 20.2 Å². The number of hydrogen-bond acceptors (Lipinski definition) is 4. The molecule has 200 valence electrons. The number of carbonyl (C=O) groups excluding carboxylic acids is 1. The molecule has 2 fully saturated rings. The number of aromatic nitrogens is 4. The number of imidazole rings is 1. The molecule has 0 spiro atoms. The highest BCUT2D eigenvalue weighted by molar-refractivity contribution is 7.17. The van der Waals surface area contributed by atoms with Crippen LogP contribution in [0, 0.1) is 11.8 Å². The van der Waals surface area contributed by atoms with E-state index in [9.17, 15) is 4.79 Å². The second kappa shape index (κ2) is 9.45. The average Bonchev–Trinajstić information content (AvgIpc) is 3.30. The zero-order valence-electron chi connectivity index (χ0n) is 22.4. The van der Waals surface area contributed by atoms with E-state index in [0.29, 0.717) is 29.7 Å². The van der Waals surface area contributed by atoms with E-state index in [1.54, 1.807) is 18.4 Å². The van der Waals surface area contributed by atoms with Crippen molar-refractivity contribution in [1.82, 2.24) is 24.0 Å². The summed E-state index contributed by atoms with van der Waals surface area (Å²) < 4.78 is 11.7. The standard InChI is InChI=1S/C31H33N5O2S/c1-4-19-7-6-12-35(16-19)31(37)21-13-24-29(26(14-21)38-3)34(2)30(33-24)25-15-27-28(36(25)17-20-9-10-20)22(18-39-27)23-8-5-11-32-23/h4-5,8,11,13-15,18-20,32H,1,6-7,9-10,12,16-17H2,2-3H3/t19-/m1/s1. The van der Waals surface area contributed by atoms with E-state index in [0.717, 1.165) is 54.2 Å². The van der Waals surface area contributed by atoms with Crippen molar-refractivity contribution in [3.05, 3.63) is 60.1 Å². The summed E-state index contributed by atoms with van der Waals surface area (Å²) in [5.74, 6) is 2.64. The van der Waals surface area contributed by atoms with Gasteiger partial charge in [-0.25, -0.2) is 4.98 Å². The number of likely N-dealkylation sites (tertiary alicyclic amines) is 1. The van der Waals surface area contributed by atoms with Crippen molar-refractivity contribution in [2.24, 2.45) is 18.9 Å². The fourth-order valence-corrected chi connectivity index (χ4v) is 7.08. The van der Waals surface area contributed by atoms with Crippen molar-refractivity contribution in [2.45, 2.75) is 32.2 Å². The number of rotatable bonds is 7. The number of carbonyl (C=O) groups is 1. The fourth-order valence-electron chi connectivity index (χ4n) is 6.08. The zero-order valence-corrected chi connectivity index (χ0v) is 23.3. The number of piperidine rings is 1. The summed E-state index contributed by atoms with van der Waals surface area (Å²) in [6.07, 6.45) is 8.57. The molecular weight excluding hydrogens is 506 g/mol. The number of nitrogens with one attached hydrogen (secondary N) is 1. The normalized spacial score (nSPS) is 17.8. The van der Waals surface area contributed by atoms with E-state index in [4.69, 9.17) is 9.72 Å². The molecule has 1 saturated carbocycles. The lowest BCUT2D eigenvalue weighted by Crippen LogP contribution is -2.39. The van der Waals surface area contributed by atoms with Gasteiger partial charge in [0.05, 0.1) is 28.5 Å². The maximum absolute atomic E-state index is 13.5. The number of aromatic amines is 1. The topological polar surface area (TPSA) is 68.1 Å². The molecule has 1 atom stereocenters. The first-order valence-corrected chi connectivity index (χ1v) is 14.6. The molecule has 5 heterocycles. The van der Waals surface area contributed by atoms with Crippen LogP contribution in [0.15, 0.2) is 54.6 Å². The lowest BCUT2D eigenvalue weighted by Gasteiger charge is -2.31. The number of ether oxygens (including phenoxy) is 1. The summed E-state index contributed by atoms with van der Waals surface area (Å²) in [6.45, 7) is 6.41. The molecule has 1 aromatic carbocycles. The summed E-state index contributed by atoms with van der Waals surface area (Å²) in [5, 5.41) is 2.25. The van der Waals surface area contributed by atoms with Crippen LogP contribution < -0.4 is 4.74 Å². The third-order valence-corrected chi connectivity index (χ3v) is 9.27. The number of H-pyrrole nitrogens is 1. The number of amides is 1. The highest BCUT2D eigenvalue weighted by atomic mass is 32.1. The minimum Gasteiger partial charge on any atom is -0.494 e. The number of aryl methyl sites for hydroxylation is 1. The Balaban J connectivity index is 1.35. The molecule has 0 unspecified atom stereocenters. The Morgan fingerprint density at radius 3 is 2.87 bits per heavy atom. The van der Waals surface area contributed by atoms with Crippen molar-refractivity contribution in [3.8, 4) is 28.5 Å². The predicted molar refractivity (Wildman–Crippen MR) is 157 cm³/mol. The van der Waals surface area contributed by atoms with Gasteiger partial charge in [-0.15, -0.1) is 17.9 Å². The molecule has 1 aliphatic heterocycles. The van der Waals surface area contributed by atoms with Crippen LogP contribution >= 0.6 is 11.3 Å². The Hall–Kier alpha value is -3.78. The van der Waals surface area contributed by atoms with Crippen LogP contribution in [0.25, 0.3) is 44.0 Å². The molecule has 1 saturated heterocycles. The van der Waals surface area contributed by atoms with Crippen molar-refractivity contribution in [3.63, 3.8) is 0 Å². The SMILES string of the molecule is C=C[C@@H]1CCCN(C(=O)c2cc(OC)c3c(c2)nc(-c2cc4scc(-c5ccc[nH]5)c4n2CC2CC2)n3C)C1. The molecule has 1 aliphatic carbocycles. The lowest BCUT2D eigenvalue weighted by atomic mass is 9.97. The minimum absolute atomic E-state index is 0.0298. The van der Waals surface area contributed by atoms with Crippen LogP contribution in [0.2, 0.25) is 0 Å². The molecule has 7 nitrogen and oxygen atoms in total. The van der Waals surface area contributed by atoms with Gasteiger partial charge in [-0.2, -0.15) is 0 Å². The van der Waals surface area contributed by atoms with Gasteiger partial charge in [-0.1, -0.05) is 6.08 Å². The van der Waals surface area contributed by atoms with Crippen LogP contribution in [0.1, 0.15) is 36.0 Å². The number of thiophene rings is 1. The summed E-state index contributed by atoms with van der Waals surface area (Å²) in [4.78, 5) is 24.0. The summed E-state index contributed by atoms with van der Waals surface area (Å²) >= 11 is 1.77. The summed E-state index contributed by atoms with van der Waals surface area (Å²) in [7, 11) is 3.71. The second-order valence-corrected chi connectivity index (χ2v) is 11.9. The van der Waals surface area contributed by atoms with Gasteiger partial charge in [0.2, 0.25) is 0 Å². The van der Waals surface area contributed by atoms with Gasteiger partial charge < -0.3 is 23.8 Å². The number of methoxy groups -OCH3 is 1. The van der Waals surface area contributed by atoms with Crippen molar-refractivity contribution < 1.29 is 9.53 Å². The molecule has 4 aromatic heterocycles. The Morgan fingerprint density at radius 2 is 2.13 bits per heavy atom. The molecule has 39 heavy (non-hydrogen) atoms. The molecule has 8 heteroatoms. The van der Waals surface area contributed by atoms with Gasteiger partial charge in [-0.05, 0) is 67.9 Å². The predicted octanol–water partition coefficient (Wildman–Crippen LogP) is 6.71. The van der Waals surface area contributed by atoms with Crippen LogP contribution in [-0.2, 0) is 13.6 Å². The molecule has 2 aliphatic rings. The van der Waals surface area contributed by atoms with Crippen LogP contribution in [-0.4, -0.2) is 50.1 Å². The van der Waals surface area contributed by atoms with E-state index < -0.39 is 0 Å². The van der Waals surface area contributed by atoms with Gasteiger partial charge in [0.15, 0.2) is 5.82 Å². The number of nitrogens with zero attached hydrogens (tertiary/aromatic N) is 4. The monoisotopic (exact) mass is 539 g/mol. The van der Waals surface area contributed by atoms with Crippen molar-refractivity contribution in [1.29, 1.82) is 0 Å². The Morgan fingerprint density at radius 1 is 1.26 bits per heavy atom. The van der Waals surface area contributed by atoms with E-state index in [1.807, 2.05) is 42.4 Å². The summed E-state index contributed by atoms with van der Waals surface area (Å²) in [5.41, 5.74) is 7.04. The Labute approximate surface area is 231 Å². The van der Waals surface area contributed by atoms with Gasteiger partial charge in [0, 0.05) is 55.1 Å². The molecular formula is C31H33N5O2S. The first-order valence-electron chi connectivity index (χ1n) is 13.8. The third kappa shape index (κ3) is 4.09. The van der Waals surface area contributed by atoms with Gasteiger partial charge in [-0.3, -0.25) is 4.79 Å². The maximum atomic E-state index is 13.5. The average molecular weight is 540 g/mol. The largest absolute Gasteiger partial charge is 0.494 e. The highest BCUT2D eigenvalue weighted by Gasteiger charge is 2.29. The Bertz CT molecular complexity index is 1700. The van der Waals surface area contributed by atoms with Gasteiger partial charge in [0.1, 0.15) is 11.3 Å². The van der Waals surface area contributed by atoms with E-state index in [-0.39, 0.29) is 5.91 Å². The summed E-state index contributed by atoms with van der Waals surface area (Å²) in [6, 6.07) is 10.3. The van der Waals surface area contributed by atoms with Crippen LogP contribution in [0.3, 0.4) is 0 Å². The molecule has 1 N–H and O–H groups in total. The van der Waals surface area contributed by atoms with Crippen LogP contribution in [0.4, 0.5) is 0 Å². The maximum Gasteiger partial charge on any atom is 0.254 e. The Kier molecular flexibility index (Phi) is 5.88. The molecule has 0 radical (unpaired) electrons. The number of fused-ring (bicyclic) bond motifs is 2. The van der Waals surface area contributed by atoms with Gasteiger partial charge in [0.25, 0.3) is 5.91 Å². The first-order chi connectivity index (χ1) is 19.1. The second-order valence-electron chi connectivity index (χ2n) is 11.0. The fraction of sp³-hybridized carbons (Fsp3) is 0.355. The molecule has 1 amide bonds. The van der Waals surface area contributed by atoms with Crippen LogP contribution in [0.5, 0.6) is 5.75 Å². The van der Waals surface area contributed by atoms with E-state index in [2.05, 4.69) is 38.2 Å². The smallest absolute Gasteiger partial charge is 0.254 e. The van der Waals surface area contributed by atoms with Gasteiger partial charge >= 0.3 is 0 Å². The molecule has 7 rings (SSSR count). The number of hydrogen-bond donors (Lipinski definition) is 1.